The monoisotopic (exact) mass is 364 g/mol. The van der Waals surface area contributed by atoms with Gasteiger partial charge in [0, 0.05) is 6.07 Å². The van der Waals surface area contributed by atoms with Gasteiger partial charge in [0.1, 0.15) is 0 Å². The first kappa shape index (κ1) is 17.1. The van der Waals surface area contributed by atoms with Crippen LogP contribution >= 0.6 is 0 Å². The molecule has 0 saturated carbocycles. The van der Waals surface area contributed by atoms with Crippen LogP contribution in [-0.2, 0) is 6.42 Å². The standard InChI is InChI=1S/C21H20N2O4/c1-3-4-16-12-20(23(22-16)17-8-5-14(2)6-9-17)27-21(24)15-7-10-18-19(11-15)26-13-25-18/h5-12H,3-4,13H2,1-2H3. The highest BCUT2D eigenvalue weighted by Crippen LogP contribution is 2.33. The number of benzene rings is 2. The average molecular weight is 364 g/mol. The van der Waals surface area contributed by atoms with Crippen molar-refractivity contribution >= 4 is 5.97 Å². The van der Waals surface area contributed by atoms with Gasteiger partial charge < -0.3 is 14.2 Å². The molecule has 0 aliphatic carbocycles. The fraction of sp³-hybridized carbons (Fsp3) is 0.238. The molecule has 0 radical (unpaired) electrons. The van der Waals surface area contributed by atoms with Crippen LogP contribution in [-0.4, -0.2) is 22.5 Å². The van der Waals surface area contributed by atoms with E-state index in [1.54, 1.807) is 22.9 Å². The average Bonchev–Trinajstić information content (AvgIpc) is 3.29. The highest BCUT2D eigenvalue weighted by Gasteiger charge is 2.20. The van der Waals surface area contributed by atoms with Gasteiger partial charge in [0.15, 0.2) is 11.5 Å². The number of hydrogen-bond donors (Lipinski definition) is 0. The van der Waals surface area contributed by atoms with Crippen molar-refractivity contribution in [2.75, 3.05) is 6.79 Å². The predicted octanol–water partition coefficient (Wildman–Crippen LogP) is 4.08. The molecule has 0 unspecified atom stereocenters. The molecule has 0 bridgehead atoms. The van der Waals surface area contributed by atoms with Crippen molar-refractivity contribution in [2.24, 2.45) is 0 Å². The molecule has 4 rings (SSSR count). The summed E-state index contributed by atoms with van der Waals surface area (Å²) in [7, 11) is 0. The van der Waals surface area contributed by atoms with Crippen LogP contribution in [0, 0.1) is 6.92 Å². The van der Waals surface area contributed by atoms with Crippen molar-refractivity contribution in [3.05, 3.63) is 65.4 Å². The molecule has 0 spiro atoms. The van der Waals surface area contributed by atoms with E-state index in [4.69, 9.17) is 14.2 Å². The van der Waals surface area contributed by atoms with Gasteiger partial charge >= 0.3 is 5.97 Å². The maximum atomic E-state index is 12.7. The Bertz CT molecular complexity index is 976. The first-order valence-electron chi connectivity index (χ1n) is 8.92. The van der Waals surface area contributed by atoms with E-state index >= 15 is 0 Å². The van der Waals surface area contributed by atoms with Crippen LogP contribution in [0.1, 0.15) is 35.0 Å². The minimum Gasteiger partial charge on any atom is -0.454 e. The van der Waals surface area contributed by atoms with Gasteiger partial charge in [-0.3, -0.25) is 0 Å². The number of fused-ring (bicyclic) bond motifs is 1. The Morgan fingerprint density at radius 3 is 2.67 bits per heavy atom. The lowest BCUT2D eigenvalue weighted by atomic mass is 10.2. The van der Waals surface area contributed by atoms with Crippen LogP contribution in [0.2, 0.25) is 0 Å². The number of hydrogen-bond acceptors (Lipinski definition) is 5. The number of rotatable bonds is 5. The number of carbonyl (C=O) groups is 1. The molecule has 1 aromatic heterocycles. The molecule has 1 aliphatic heterocycles. The first-order valence-corrected chi connectivity index (χ1v) is 8.92. The zero-order chi connectivity index (χ0) is 18.8. The molecule has 2 heterocycles. The summed E-state index contributed by atoms with van der Waals surface area (Å²) in [5, 5.41) is 4.60. The van der Waals surface area contributed by atoms with Gasteiger partial charge in [-0.05, 0) is 43.7 Å². The lowest BCUT2D eigenvalue weighted by molar-refractivity contribution is 0.0722. The maximum absolute atomic E-state index is 12.7. The van der Waals surface area contributed by atoms with E-state index in [2.05, 4.69) is 12.0 Å². The molecule has 0 amide bonds. The van der Waals surface area contributed by atoms with Crippen LogP contribution in [0.15, 0.2) is 48.5 Å². The number of carbonyl (C=O) groups excluding carboxylic acids is 1. The van der Waals surface area contributed by atoms with Crippen molar-refractivity contribution in [3.8, 4) is 23.1 Å². The van der Waals surface area contributed by atoms with Crippen molar-refractivity contribution in [1.29, 1.82) is 0 Å². The third-order valence-corrected chi connectivity index (χ3v) is 4.32. The number of aromatic nitrogens is 2. The molecule has 2 aromatic carbocycles. The Morgan fingerprint density at radius 1 is 1.11 bits per heavy atom. The molecular formula is C21H20N2O4. The van der Waals surface area contributed by atoms with E-state index in [0.717, 1.165) is 29.8 Å². The predicted molar refractivity (Wildman–Crippen MR) is 99.8 cm³/mol. The summed E-state index contributed by atoms with van der Waals surface area (Å²) in [5.74, 6) is 1.10. The van der Waals surface area contributed by atoms with Gasteiger partial charge in [-0.25, -0.2) is 9.48 Å². The largest absolute Gasteiger partial charge is 0.454 e. The Labute approximate surface area is 157 Å². The zero-order valence-electron chi connectivity index (χ0n) is 15.3. The summed E-state index contributed by atoms with van der Waals surface area (Å²) >= 11 is 0. The molecule has 3 aromatic rings. The summed E-state index contributed by atoms with van der Waals surface area (Å²) in [6, 6.07) is 14.7. The molecule has 6 heteroatoms. The van der Waals surface area contributed by atoms with Gasteiger partial charge in [0.25, 0.3) is 0 Å². The molecule has 138 valence electrons. The summed E-state index contributed by atoms with van der Waals surface area (Å²) in [6.07, 6.45) is 1.77. The third-order valence-electron chi connectivity index (χ3n) is 4.32. The van der Waals surface area contributed by atoms with Crippen molar-refractivity contribution in [2.45, 2.75) is 26.7 Å². The van der Waals surface area contributed by atoms with Crippen molar-refractivity contribution in [3.63, 3.8) is 0 Å². The van der Waals surface area contributed by atoms with Gasteiger partial charge in [-0.1, -0.05) is 31.0 Å². The van der Waals surface area contributed by atoms with E-state index in [-0.39, 0.29) is 6.79 Å². The third kappa shape index (κ3) is 3.51. The quantitative estimate of drug-likeness (QED) is 0.638. The maximum Gasteiger partial charge on any atom is 0.344 e. The minimum absolute atomic E-state index is 0.161. The molecule has 1 aliphatic rings. The second kappa shape index (κ2) is 7.15. The Balaban J connectivity index is 1.64. The van der Waals surface area contributed by atoms with E-state index in [0.29, 0.717) is 22.9 Å². The van der Waals surface area contributed by atoms with E-state index in [1.165, 1.54) is 0 Å². The lowest BCUT2D eigenvalue weighted by Crippen LogP contribution is -2.11. The van der Waals surface area contributed by atoms with Gasteiger partial charge in [0.2, 0.25) is 12.7 Å². The van der Waals surface area contributed by atoms with Crippen molar-refractivity contribution < 1.29 is 19.0 Å². The van der Waals surface area contributed by atoms with Crippen molar-refractivity contribution in [1.82, 2.24) is 9.78 Å². The van der Waals surface area contributed by atoms with E-state index < -0.39 is 5.97 Å². The summed E-state index contributed by atoms with van der Waals surface area (Å²) in [5.41, 5.74) is 3.27. The number of nitrogens with zero attached hydrogens (tertiary/aromatic N) is 2. The Morgan fingerprint density at radius 2 is 1.89 bits per heavy atom. The van der Waals surface area contributed by atoms with E-state index in [9.17, 15) is 4.79 Å². The van der Waals surface area contributed by atoms with Crippen LogP contribution in [0.4, 0.5) is 0 Å². The first-order chi connectivity index (χ1) is 13.1. The minimum atomic E-state index is -0.468. The Hall–Kier alpha value is -3.28. The van der Waals surface area contributed by atoms with Gasteiger partial charge in [-0.15, -0.1) is 0 Å². The number of esters is 1. The molecule has 27 heavy (non-hydrogen) atoms. The molecule has 6 nitrogen and oxygen atoms in total. The summed E-state index contributed by atoms with van der Waals surface area (Å²) < 4.78 is 17.9. The number of ether oxygens (including phenoxy) is 3. The van der Waals surface area contributed by atoms with Crippen LogP contribution in [0.25, 0.3) is 5.69 Å². The second-order valence-corrected chi connectivity index (χ2v) is 6.43. The van der Waals surface area contributed by atoms with Gasteiger partial charge in [-0.2, -0.15) is 5.10 Å². The van der Waals surface area contributed by atoms with Crippen LogP contribution in [0.5, 0.6) is 17.4 Å². The summed E-state index contributed by atoms with van der Waals surface area (Å²) in [6.45, 7) is 4.27. The highest BCUT2D eigenvalue weighted by atomic mass is 16.7. The van der Waals surface area contributed by atoms with Gasteiger partial charge in [0.05, 0.1) is 16.9 Å². The van der Waals surface area contributed by atoms with Crippen LogP contribution < -0.4 is 14.2 Å². The molecule has 0 saturated heterocycles. The molecule has 0 atom stereocenters. The lowest BCUT2D eigenvalue weighted by Gasteiger charge is -2.08. The Kier molecular flexibility index (Phi) is 4.54. The summed E-state index contributed by atoms with van der Waals surface area (Å²) in [4.78, 5) is 12.7. The topological polar surface area (TPSA) is 62.6 Å². The molecular weight excluding hydrogens is 344 g/mol. The molecule has 0 fully saturated rings. The second-order valence-electron chi connectivity index (χ2n) is 6.43. The SMILES string of the molecule is CCCc1cc(OC(=O)c2ccc3c(c2)OCO3)n(-c2ccc(C)cc2)n1. The normalized spacial score (nSPS) is 12.2. The fourth-order valence-electron chi connectivity index (χ4n) is 2.91. The highest BCUT2D eigenvalue weighted by molar-refractivity contribution is 5.91. The molecule has 0 N–H and O–H groups in total. The zero-order valence-corrected chi connectivity index (χ0v) is 15.3. The van der Waals surface area contributed by atoms with E-state index in [1.807, 2.05) is 37.3 Å². The number of aryl methyl sites for hydroxylation is 2. The fourth-order valence-corrected chi connectivity index (χ4v) is 2.91. The van der Waals surface area contributed by atoms with Crippen LogP contribution in [0.3, 0.4) is 0 Å². The smallest absolute Gasteiger partial charge is 0.344 e.